The fourth-order valence-electron chi connectivity index (χ4n) is 1.60. The van der Waals surface area contributed by atoms with Gasteiger partial charge in [-0.05, 0) is 6.42 Å². The van der Waals surface area contributed by atoms with Gasteiger partial charge in [-0.25, -0.2) is 18.5 Å². The molecule has 1 aliphatic heterocycles. The summed E-state index contributed by atoms with van der Waals surface area (Å²) in [7, 11) is -2.19. The molecule has 0 aliphatic carbocycles. The van der Waals surface area contributed by atoms with Crippen LogP contribution in [0.1, 0.15) is 33.0 Å². The maximum absolute atomic E-state index is 12.3. The van der Waals surface area contributed by atoms with Crippen molar-refractivity contribution in [3.8, 4) is 0 Å². The monoisotopic (exact) mass is 239 g/mol. The second-order valence-corrected chi connectivity index (χ2v) is 7.46. The number of hydrogen-bond acceptors (Lipinski definition) is 4. The van der Waals surface area contributed by atoms with Crippen molar-refractivity contribution >= 4 is 9.73 Å². The molecular weight excluding hydrogens is 222 g/mol. The third kappa shape index (κ3) is 2.09. The van der Waals surface area contributed by atoms with Crippen LogP contribution in [0.5, 0.6) is 0 Å². The van der Waals surface area contributed by atoms with Crippen molar-refractivity contribution in [2.75, 3.05) is 12.3 Å². The van der Waals surface area contributed by atoms with E-state index in [0.29, 0.717) is 17.2 Å². The van der Waals surface area contributed by atoms with Crippen LogP contribution in [0, 0.1) is 0 Å². The molecule has 16 heavy (non-hydrogen) atoms. The van der Waals surface area contributed by atoms with Gasteiger partial charge in [0.25, 0.3) is 0 Å². The summed E-state index contributed by atoms with van der Waals surface area (Å²) in [6.45, 7) is 6.87. The van der Waals surface area contributed by atoms with E-state index in [2.05, 4.69) is 35.1 Å². The Hall–Kier alpha value is -0.970. The number of rotatable bonds is 1. The zero-order valence-corrected chi connectivity index (χ0v) is 10.8. The lowest BCUT2D eigenvalue weighted by atomic mass is 9.96. The van der Waals surface area contributed by atoms with Gasteiger partial charge in [0, 0.05) is 30.1 Å². The predicted octanol–water partition coefficient (Wildman–Crippen LogP) is 2.00. The number of nitrogens with zero attached hydrogens (tertiary/aromatic N) is 3. The highest BCUT2D eigenvalue weighted by Crippen LogP contribution is 2.21. The van der Waals surface area contributed by atoms with Crippen molar-refractivity contribution in [2.24, 2.45) is 4.36 Å². The molecule has 0 saturated heterocycles. The molecule has 0 saturated carbocycles. The summed E-state index contributed by atoms with van der Waals surface area (Å²) in [6, 6.07) is 0. The van der Waals surface area contributed by atoms with Gasteiger partial charge < -0.3 is 0 Å². The fourth-order valence-corrected chi connectivity index (χ4v) is 3.49. The van der Waals surface area contributed by atoms with Gasteiger partial charge in [0.2, 0.25) is 0 Å². The zero-order valence-electron chi connectivity index (χ0n) is 9.93. The van der Waals surface area contributed by atoms with Crippen molar-refractivity contribution < 1.29 is 4.21 Å². The molecule has 1 aromatic heterocycles. The summed E-state index contributed by atoms with van der Waals surface area (Å²) in [5, 5.41) is 0. The van der Waals surface area contributed by atoms with Gasteiger partial charge in [0.05, 0.1) is 14.6 Å². The fraction of sp³-hybridized carbons (Fsp3) is 0.636. The van der Waals surface area contributed by atoms with Crippen LogP contribution in [0.15, 0.2) is 21.7 Å². The Kier molecular flexibility index (Phi) is 2.74. The van der Waals surface area contributed by atoms with Crippen molar-refractivity contribution in [1.29, 1.82) is 0 Å². The molecule has 0 radical (unpaired) electrons. The molecule has 0 N–H and O–H groups in total. The first kappa shape index (κ1) is 11.5. The molecule has 1 atom stereocenters. The van der Waals surface area contributed by atoms with E-state index in [1.54, 1.807) is 12.4 Å². The Bertz CT molecular complexity index is 493. The molecule has 0 aromatic carbocycles. The van der Waals surface area contributed by atoms with E-state index in [1.165, 1.54) is 0 Å². The number of hydrogen-bond donors (Lipinski definition) is 0. The molecule has 1 aliphatic rings. The van der Waals surface area contributed by atoms with Gasteiger partial charge in [0.1, 0.15) is 5.82 Å². The van der Waals surface area contributed by atoms with E-state index in [-0.39, 0.29) is 5.41 Å². The minimum absolute atomic E-state index is 0.0727. The van der Waals surface area contributed by atoms with Gasteiger partial charge in [-0.3, -0.25) is 0 Å². The quantitative estimate of drug-likeness (QED) is 0.753. The molecule has 2 heterocycles. The molecule has 0 bridgehead atoms. The molecule has 5 heteroatoms. The van der Waals surface area contributed by atoms with E-state index in [0.717, 1.165) is 12.2 Å². The minimum atomic E-state index is -2.19. The van der Waals surface area contributed by atoms with Crippen LogP contribution in [0.2, 0.25) is 0 Å². The van der Waals surface area contributed by atoms with Crippen molar-refractivity contribution in [1.82, 2.24) is 9.97 Å². The molecule has 0 spiro atoms. The molecule has 0 fully saturated rings. The van der Waals surface area contributed by atoms with E-state index < -0.39 is 9.73 Å². The smallest absolute Gasteiger partial charge is 0.133 e. The highest BCUT2D eigenvalue weighted by Gasteiger charge is 2.21. The topological polar surface area (TPSA) is 55.2 Å². The minimum Gasteiger partial charge on any atom is -0.245 e. The normalized spacial score (nSPS) is 25.4. The second-order valence-electron chi connectivity index (χ2n) is 5.04. The first-order chi connectivity index (χ1) is 7.42. The molecule has 1 aromatic rings. The highest BCUT2D eigenvalue weighted by molar-refractivity contribution is 7.93. The maximum atomic E-state index is 12.3. The van der Waals surface area contributed by atoms with Crippen molar-refractivity contribution in [2.45, 2.75) is 37.5 Å². The molecule has 2 rings (SSSR count). The highest BCUT2D eigenvalue weighted by atomic mass is 32.2. The van der Waals surface area contributed by atoms with Crippen LogP contribution in [0.25, 0.3) is 0 Å². The largest absolute Gasteiger partial charge is 0.245 e. The van der Waals surface area contributed by atoms with E-state index in [1.807, 2.05) is 0 Å². The van der Waals surface area contributed by atoms with Gasteiger partial charge in [-0.15, -0.1) is 0 Å². The average molecular weight is 239 g/mol. The van der Waals surface area contributed by atoms with Crippen molar-refractivity contribution in [3.63, 3.8) is 0 Å². The lowest BCUT2D eigenvalue weighted by Crippen LogP contribution is -2.16. The third-order valence-corrected chi connectivity index (χ3v) is 4.94. The predicted molar refractivity (Wildman–Crippen MR) is 63.9 cm³/mol. The van der Waals surface area contributed by atoms with Gasteiger partial charge in [0.15, 0.2) is 0 Å². The Balaban J connectivity index is 2.37. The van der Waals surface area contributed by atoms with Gasteiger partial charge in [-0.1, -0.05) is 20.8 Å². The zero-order chi connectivity index (χ0) is 11.8. The van der Waals surface area contributed by atoms with Crippen LogP contribution in [-0.4, -0.2) is 26.5 Å². The lowest BCUT2D eigenvalue weighted by Gasteiger charge is -2.16. The molecule has 88 valence electrons. The third-order valence-electron chi connectivity index (χ3n) is 2.55. The van der Waals surface area contributed by atoms with Crippen molar-refractivity contribution in [3.05, 3.63) is 18.2 Å². The lowest BCUT2D eigenvalue weighted by molar-refractivity contribution is 0.542. The summed E-state index contributed by atoms with van der Waals surface area (Å²) in [4.78, 5) is 9.26. The van der Waals surface area contributed by atoms with E-state index in [9.17, 15) is 4.21 Å². The van der Waals surface area contributed by atoms with Crippen LogP contribution >= 0.6 is 0 Å². The first-order valence-corrected chi connectivity index (χ1v) is 7.13. The number of aromatic nitrogens is 2. The molecule has 0 amide bonds. The van der Waals surface area contributed by atoms with Gasteiger partial charge >= 0.3 is 0 Å². The van der Waals surface area contributed by atoms with E-state index >= 15 is 0 Å². The van der Waals surface area contributed by atoms with Gasteiger partial charge in [-0.2, -0.15) is 0 Å². The summed E-state index contributed by atoms with van der Waals surface area (Å²) in [5.74, 6) is 1.42. The average Bonchev–Trinajstić information content (AvgIpc) is 2.66. The maximum Gasteiger partial charge on any atom is 0.133 e. The molecular formula is C11H17N3OS. The molecule has 4 nitrogen and oxygen atoms in total. The van der Waals surface area contributed by atoms with Crippen LogP contribution < -0.4 is 0 Å². The standard InChI is InChI=1S/C11H17N3OS/c1-11(2,3)10-12-7-9(8-13-10)16(15)6-4-5-14-16/h7-8H,4-6H2,1-3H3/t16-/m1/s1. The summed E-state index contributed by atoms with van der Waals surface area (Å²) in [6.07, 6.45) is 4.25. The summed E-state index contributed by atoms with van der Waals surface area (Å²) < 4.78 is 16.5. The summed E-state index contributed by atoms with van der Waals surface area (Å²) >= 11 is 0. The van der Waals surface area contributed by atoms with Crippen LogP contribution in [0.4, 0.5) is 0 Å². The summed E-state index contributed by atoms with van der Waals surface area (Å²) in [5.41, 5.74) is -0.0727. The Morgan fingerprint density at radius 1 is 1.25 bits per heavy atom. The first-order valence-electron chi connectivity index (χ1n) is 5.45. The van der Waals surface area contributed by atoms with E-state index in [4.69, 9.17) is 0 Å². The Morgan fingerprint density at radius 3 is 2.31 bits per heavy atom. The SMILES string of the molecule is CC(C)(C)c1ncc([S@@]2(=O)=NCCC2)cn1. The van der Waals surface area contributed by atoms with Crippen LogP contribution in [0.3, 0.4) is 0 Å². The second kappa shape index (κ2) is 3.80. The Labute approximate surface area is 96.7 Å². The Morgan fingerprint density at radius 2 is 1.88 bits per heavy atom. The van der Waals surface area contributed by atoms with Crippen LogP contribution in [-0.2, 0) is 15.1 Å². The molecule has 0 unspecified atom stereocenters.